The summed E-state index contributed by atoms with van der Waals surface area (Å²) in [6.07, 6.45) is 5.53. The minimum absolute atomic E-state index is 0.0253. The Morgan fingerprint density at radius 1 is 1.42 bits per heavy atom. The predicted molar refractivity (Wildman–Crippen MR) is 92.4 cm³/mol. The van der Waals surface area contributed by atoms with Crippen LogP contribution in [0.25, 0.3) is 0 Å². The van der Waals surface area contributed by atoms with Crippen molar-refractivity contribution in [2.24, 2.45) is 0 Å². The standard InChI is InChI=1S/C17H21ClN4O2/c1-3-14-15(18)19-11(2)20-16(14)21-13-4-7-22(8-5-13)17(23)12-6-9-24-10-12/h6,9-10,13H,3-5,7-8H2,1-2H3,(H,19,20,21). The Bertz CT molecular complexity index is 710. The molecule has 0 radical (unpaired) electrons. The Morgan fingerprint density at radius 3 is 2.79 bits per heavy atom. The van der Waals surface area contributed by atoms with Gasteiger partial charge in [0.1, 0.15) is 23.1 Å². The number of carbonyl (C=O) groups excluding carboxylic acids is 1. The SMILES string of the molecule is CCc1c(Cl)nc(C)nc1NC1CCN(C(=O)c2ccoc2)CC1. The molecule has 1 amide bonds. The van der Waals surface area contributed by atoms with E-state index in [1.54, 1.807) is 6.07 Å². The van der Waals surface area contributed by atoms with Crippen LogP contribution in [-0.2, 0) is 6.42 Å². The maximum absolute atomic E-state index is 12.3. The van der Waals surface area contributed by atoms with Crippen molar-refractivity contribution in [3.63, 3.8) is 0 Å². The first-order chi connectivity index (χ1) is 11.6. The lowest BCUT2D eigenvalue weighted by Gasteiger charge is -2.32. The van der Waals surface area contributed by atoms with Gasteiger partial charge >= 0.3 is 0 Å². The summed E-state index contributed by atoms with van der Waals surface area (Å²) in [5.41, 5.74) is 1.55. The number of aromatic nitrogens is 2. The number of nitrogens with one attached hydrogen (secondary N) is 1. The van der Waals surface area contributed by atoms with Gasteiger partial charge in [0.15, 0.2) is 0 Å². The minimum atomic E-state index is 0.0253. The Hall–Kier alpha value is -2.08. The van der Waals surface area contributed by atoms with E-state index >= 15 is 0 Å². The summed E-state index contributed by atoms with van der Waals surface area (Å²) in [6.45, 7) is 5.29. The summed E-state index contributed by atoms with van der Waals surface area (Å²) in [5, 5.41) is 4.00. The monoisotopic (exact) mass is 348 g/mol. The van der Waals surface area contributed by atoms with Crippen LogP contribution >= 0.6 is 11.6 Å². The Balaban J connectivity index is 1.63. The second-order valence-electron chi connectivity index (χ2n) is 5.97. The van der Waals surface area contributed by atoms with Crippen molar-refractivity contribution in [3.05, 3.63) is 40.7 Å². The number of piperidine rings is 1. The van der Waals surface area contributed by atoms with Crippen LogP contribution in [-0.4, -0.2) is 39.9 Å². The Kier molecular flexibility index (Phi) is 5.04. The smallest absolute Gasteiger partial charge is 0.257 e. The third-order valence-electron chi connectivity index (χ3n) is 4.31. The second kappa shape index (κ2) is 7.21. The van der Waals surface area contributed by atoms with Crippen molar-refractivity contribution in [1.29, 1.82) is 0 Å². The largest absolute Gasteiger partial charge is 0.472 e. The van der Waals surface area contributed by atoms with Crippen LogP contribution in [0.5, 0.6) is 0 Å². The fourth-order valence-electron chi connectivity index (χ4n) is 2.98. The van der Waals surface area contributed by atoms with Gasteiger partial charge in [-0.15, -0.1) is 0 Å². The zero-order valence-corrected chi connectivity index (χ0v) is 14.6. The molecule has 0 bridgehead atoms. The lowest BCUT2D eigenvalue weighted by atomic mass is 10.0. The number of likely N-dealkylation sites (tertiary alicyclic amines) is 1. The first-order valence-corrected chi connectivity index (χ1v) is 8.57. The molecule has 1 saturated heterocycles. The van der Waals surface area contributed by atoms with E-state index in [-0.39, 0.29) is 11.9 Å². The van der Waals surface area contributed by atoms with E-state index in [4.69, 9.17) is 16.0 Å². The fourth-order valence-corrected chi connectivity index (χ4v) is 3.33. The zero-order chi connectivity index (χ0) is 17.1. The van der Waals surface area contributed by atoms with Crippen LogP contribution in [0.2, 0.25) is 5.15 Å². The highest BCUT2D eigenvalue weighted by atomic mass is 35.5. The average Bonchev–Trinajstić information content (AvgIpc) is 3.09. The van der Waals surface area contributed by atoms with Crippen molar-refractivity contribution in [3.8, 4) is 0 Å². The van der Waals surface area contributed by atoms with Crippen molar-refractivity contribution in [2.45, 2.75) is 39.2 Å². The van der Waals surface area contributed by atoms with E-state index in [0.29, 0.717) is 29.6 Å². The van der Waals surface area contributed by atoms with Gasteiger partial charge in [-0.05, 0) is 32.3 Å². The second-order valence-corrected chi connectivity index (χ2v) is 6.32. The zero-order valence-electron chi connectivity index (χ0n) is 13.9. The normalized spacial score (nSPS) is 15.5. The molecule has 1 N–H and O–H groups in total. The Labute approximate surface area is 146 Å². The molecule has 0 unspecified atom stereocenters. The number of nitrogens with zero attached hydrogens (tertiary/aromatic N) is 3. The first-order valence-electron chi connectivity index (χ1n) is 8.19. The van der Waals surface area contributed by atoms with Gasteiger partial charge in [0.05, 0.1) is 11.8 Å². The fraction of sp³-hybridized carbons (Fsp3) is 0.471. The molecular weight excluding hydrogens is 328 g/mol. The predicted octanol–water partition coefficient (Wildman–Crippen LogP) is 3.31. The third kappa shape index (κ3) is 3.53. The average molecular weight is 349 g/mol. The number of halogens is 1. The number of amides is 1. The number of hydrogen-bond acceptors (Lipinski definition) is 5. The lowest BCUT2D eigenvalue weighted by molar-refractivity contribution is 0.0717. The van der Waals surface area contributed by atoms with Crippen LogP contribution in [0.15, 0.2) is 23.0 Å². The molecule has 3 rings (SSSR count). The molecule has 0 aromatic carbocycles. The molecule has 3 heterocycles. The number of carbonyl (C=O) groups is 1. The van der Waals surface area contributed by atoms with Gasteiger partial charge in [0.2, 0.25) is 0 Å². The summed E-state index contributed by atoms with van der Waals surface area (Å²) in [7, 11) is 0. The number of anilines is 1. The third-order valence-corrected chi connectivity index (χ3v) is 4.63. The number of aryl methyl sites for hydroxylation is 1. The van der Waals surface area contributed by atoms with Gasteiger partial charge in [-0.2, -0.15) is 0 Å². The van der Waals surface area contributed by atoms with Gasteiger partial charge in [-0.25, -0.2) is 9.97 Å². The van der Waals surface area contributed by atoms with E-state index in [1.165, 1.54) is 12.5 Å². The summed E-state index contributed by atoms with van der Waals surface area (Å²) in [4.78, 5) is 22.9. The summed E-state index contributed by atoms with van der Waals surface area (Å²) < 4.78 is 4.99. The van der Waals surface area contributed by atoms with Crippen molar-refractivity contribution >= 4 is 23.3 Å². The maximum Gasteiger partial charge on any atom is 0.257 e. The van der Waals surface area contributed by atoms with Crippen LogP contribution in [0.3, 0.4) is 0 Å². The number of furan rings is 1. The molecule has 24 heavy (non-hydrogen) atoms. The molecule has 1 aliphatic rings. The van der Waals surface area contributed by atoms with Crippen LogP contribution in [0.1, 0.15) is 41.5 Å². The van der Waals surface area contributed by atoms with Gasteiger partial charge in [0.25, 0.3) is 5.91 Å². The summed E-state index contributed by atoms with van der Waals surface area (Å²) in [5.74, 6) is 1.50. The highest BCUT2D eigenvalue weighted by Crippen LogP contribution is 2.24. The van der Waals surface area contributed by atoms with Gasteiger partial charge < -0.3 is 14.6 Å². The lowest BCUT2D eigenvalue weighted by Crippen LogP contribution is -2.42. The van der Waals surface area contributed by atoms with E-state index in [2.05, 4.69) is 15.3 Å². The molecule has 0 aliphatic carbocycles. The Morgan fingerprint density at radius 2 is 2.17 bits per heavy atom. The molecule has 0 saturated carbocycles. The van der Waals surface area contributed by atoms with Crippen LogP contribution < -0.4 is 5.32 Å². The van der Waals surface area contributed by atoms with E-state index in [0.717, 1.165) is 30.6 Å². The van der Waals surface area contributed by atoms with Crippen LogP contribution in [0.4, 0.5) is 5.82 Å². The van der Waals surface area contributed by atoms with E-state index in [1.807, 2.05) is 18.7 Å². The molecule has 0 spiro atoms. The van der Waals surface area contributed by atoms with Gasteiger partial charge in [-0.1, -0.05) is 18.5 Å². The van der Waals surface area contributed by atoms with Gasteiger partial charge in [-0.3, -0.25) is 4.79 Å². The molecule has 1 fully saturated rings. The summed E-state index contributed by atoms with van der Waals surface area (Å²) >= 11 is 6.22. The molecule has 128 valence electrons. The molecule has 6 nitrogen and oxygen atoms in total. The first kappa shape index (κ1) is 16.8. The van der Waals surface area contributed by atoms with Crippen molar-refractivity contribution in [2.75, 3.05) is 18.4 Å². The molecule has 2 aromatic heterocycles. The molecule has 0 atom stereocenters. The quantitative estimate of drug-likeness (QED) is 0.858. The molecule has 7 heteroatoms. The topological polar surface area (TPSA) is 71.3 Å². The highest BCUT2D eigenvalue weighted by molar-refractivity contribution is 6.30. The maximum atomic E-state index is 12.3. The molecular formula is C17H21ClN4O2. The van der Waals surface area contributed by atoms with Crippen LogP contribution in [0, 0.1) is 6.92 Å². The number of hydrogen-bond donors (Lipinski definition) is 1. The molecule has 2 aromatic rings. The van der Waals surface area contributed by atoms with Crippen molar-refractivity contribution in [1.82, 2.24) is 14.9 Å². The van der Waals surface area contributed by atoms with Gasteiger partial charge in [0, 0.05) is 24.7 Å². The van der Waals surface area contributed by atoms with Crippen molar-refractivity contribution < 1.29 is 9.21 Å². The number of rotatable bonds is 4. The summed E-state index contributed by atoms with van der Waals surface area (Å²) in [6, 6.07) is 1.97. The molecule has 1 aliphatic heterocycles. The minimum Gasteiger partial charge on any atom is -0.472 e. The van der Waals surface area contributed by atoms with E-state index in [9.17, 15) is 4.79 Å². The highest BCUT2D eigenvalue weighted by Gasteiger charge is 2.25. The van der Waals surface area contributed by atoms with E-state index < -0.39 is 0 Å².